The van der Waals surface area contributed by atoms with Crippen molar-refractivity contribution in [2.45, 2.75) is 37.7 Å². The molecule has 4 heteroatoms. The highest BCUT2D eigenvalue weighted by Gasteiger charge is 2.27. The van der Waals surface area contributed by atoms with Crippen molar-refractivity contribution in [1.82, 2.24) is 4.40 Å². The second kappa shape index (κ2) is 7.58. The molecule has 0 spiro atoms. The van der Waals surface area contributed by atoms with Crippen LogP contribution in [-0.2, 0) is 4.74 Å². The van der Waals surface area contributed by atoms with Crippen LogP contribution < -0.4 is 0 Å². The van der Waals surface area contributed by atoms with Crippen molar-refractivity contribution in [2.75, 3.05) is 6.61 Å². The molecule has 3 rings (SSSR count). The van der Waals surface area contributed by atoms with Gasteiger partial charge in [0.1, 0.15) is 0 Å². The Morgan fingerprint density at radius 2 is 1.81 bits per heavy atom. The molecule has 0 saturated carbocycles. The number of benzene rings is 1. The molecule has 0 aliphatic heterocycles. The van der Waals surface area contributed by atoms with Crippen molar-refractivity contribution in [1.29, 1.82) is 0 Å². The first-order valence-corrected chi connectivity index (χ1v) is 9.78. The van der Waals surface area contributed by atoms with E-state index in [0.717, 1.165) is 11.2 Å². The van der Waals surface area contributed by atoms with Gasteiger partial charge in [0.25, 0.3) is 0 Å². The van der Waals surface area contributed by atoms with Crippen LogP contribution in [-0.4, -0.2) is 21.7 Å². The van der Waals surface area contributed by atoms with Crippen LogP contribution in [0.4, 0.5) is 0 Å². The SMILES string of the molecule is CCOC(=O)c1cc([C@@H](SC(C)(C)C)c2ccccc2)n2ccccc12. The smallest absolute Gasteiger partial charge is 0.340 e. The summed E-state index contributed by atoms with van der Waals surface area (Å²) in [6.45, 7) is 8.86. The van der Waals surface area contributed by atoms with Gasteiger partial charge >= 0.3 is 5.97 Å². The summed E-state index contributed by atoms with van der Waals surface area (Å²) in [6.07, 6.45) is 2.02. The van der Waals surface area contributed by atoms with E-state index in [1.165, 1.54) is 5.56 Å². The summed E-state index contributed by atoms with van der Waals surface area (Å²) in [5, 5.41) is 0.120. The van der Waals surface area contributed by atoms with E-state index in [1.54, 1.807) is 0 Å². The Hall–Kier alpha value is -2.20. The molecule has 3 nitrogen and oxygen atoms in total. The number of nitrogens with zero attached hydrogens (tertiary/aromatic N) is 1. The van der Waals surface area contributed by atoms with Crippen LogP contribution in [0.3, 0.4) is 0 Å². The zero-order chi connectivity index (χ0) is 18.7. The van der Waals surface area contributed by atoms with Gasteiger partial charge in [0.05, 0.1) is 22.9 Å². The maximum Gasteiger partial charge on any atom is 0.340 e. The molecule has 0 bridgehead atoms. The lowest BCUT2D eigenvalue weighted by atomic mass is 10.1. The number of carbonyl (C=O) groups excluding carboxylic acids is 1. The van der Waals surface area contributed by atoms with Gasteiger partial charge in [-0.15, -0.1) is 11.8 Å². The van der Waals surface area contributed by atoms with E-state index >= 15 is 0 Å². The van der Waals surface area contributed by atoms with Gasteiger partial charge in [-0.2, -0.15) is 0 Å². The van der Waals surface area contributed by atoms with Crippen molar-refractivity contribution in [3.63, 3.8) is 0 Å². The first-order valence-electron chi connectivity index (χ1n) is 8.90. The predicted octanol–water partition coefficient (Wildman–Crippen LogP) is 5.74. The lowest BCUT2D eigenvalue weighted by Crippen LogP contribution is -2.13. The van der Waals surface area contributed by atoms with Gasteiger partial charge in [-0.1, -0.05) is 57.2 Å². The molecular formula is C22H25NO2S. The number of rotatable bonds is 5. The molecule has 2 aromatic heterocycles. The van der Waals surface area contributed by atoms with Crippen molar-refractivity contribution in [3.05, 3.63) is 77.6 Å². The molecule has 0 N–H and O–H groups in total. The van der Waals surface area contributed by atoms with E-state index in [9.17, 15) is 4.79 Å². The molecule has 0 aliphatic rings. The van der Waals surface area contributed by atoms with E-state index in [0.29, 0.717) is 12.2 Å². The molecule has 2 heterocycles. The van der Waals surface area contributed by atoms with Gasteiger partial charge in [0.2, 0.25) is 0 Å². The molecule has 0 aliphatic carbocycles. The summed E-state index contributed by atoms with van der Waals surface area (Å²) < 4.78 is 7.46. The van der Waals surface area contributed by atoms with E-state index < -0.39 is 0 Å². The number of thioether (sulfide) groups is 1. The van der Waals surface area contributed by atoms with Crippen LogP contribution in [0.5, 0.6) is 0 Å². The number of esters is 1. The molecular weight excluding hydrogens is 342 g/mol. The molecule has 1 atom stereocenters. The van der Waals surface area contributed by atoms with Crippen LogP contribution in [0.25, 0.3) is 5.52 Å². The molecule has 0 amide bonds. The Balaban J connectivity index is 2.18. The average Bonchev–Trinajstić information content (AvgIpc) is 3.00. The summed E-state index contributed by atoms with van der Waals surface area (Å²) in [5.74, 6) is -0.268. The second-order valence-electron chi connectivity index (χ2n) is 7.18. The fourth-order valence-electron chi connectivity index (χ4n) is 3.03. The third kappa shape index (κ3) is 3.96. The van der Waals surface area contributed by atoms with E-state index in [-0.39, 0.29) is 16.0 Å². The van der Waals surface area contributed by atoms with Gasteiger partial charge in [0, 0.05) is 16.6 Å². The minimum absolute atomic E-state index is 0.0729. The van der Waals surface area contributed by atoms with E-state index in [1.807, 2.05) is 55.2 Å². The lowest BCUT2D eigenvalue weighted by Gasteiger charge is -2.26. The standard InChI is InChI=1S/C22H25NO2S/c1-5-25-21(24)17-15-19(23-14-10-9-13-18(17)23)20(26-22(2,3)4)16-11-7-6-8-12-16/h6-15,20H,5H2,1-4H3/t20-/m0/s1. The quantitative estimate of drug-likeness (QED) is 0.539. The van der Waals surface area contributed by atoms with Crippen LogP contribution in [0.2, 0.25) is 0 Å². The topological polar surface area (TPSA) is 30.7 Å². The Kier molecular flexibility index (Phi) is 5.42. The number of hydrogen-bond acceptors (Lipinski definition) is 3. The number of ether oxygens (including phenoxy) is 1. The van der Waals surface area contributed by atoms with Crippen LogP contribution in [0.15, 0.2) is 60.8 Å². The summed E-state index contributed by atoms with van der Waals surface area (Å²) in [5.41, 5.74) is 3.83. The summed E-state index contributed by atoms with van der Waals surface area (Å²) in [4.78, 5) is 12.5. The van der Waals surface area contributed by atoms with E-state index in [2.05, 4.69) is 49.4 Å². The fraction of sp³-hybridized carbons (Fsp3) is 0.318. The van der Waals surface area contributed by atoms with Gasteiger partial charge in [-0.3, -0.25) is 0 Å². The zero-order valence-corrected chi connectivity index (χ0v) is 16.5. The van der Waals surface area contributed by atoms with Gasteiger partial charge in [-0.05, 0) is 30.7 Å². The summed E-state index contributed by atoms with van der Waals surface area (Å²) in [7, 11) is 0. The molecule has 0 radical (unpaired) electrons. The maximum atomic E-state index is 12.5. The minimum atomic E-state index is -0.268. The Labute approximate surface area is 159 Å². The molecule has 1 aromatic carbocycles. The lowest BCUT2D eigenvalue weighted by molar-refractivity contribution is 0.0529. The molecule has 3 aromatic rings. The van der Waals surface area contributed by atoms with Crippen molar-refractivity contribution >= 4 is 23.2 Å². The number of fused-ring (bicyclic) bond motifs is 1. The highest BCUT2D eigenvalue weighted by atomic mass is 32.2. The monoisotopic (exact) mass is 367 g/mol. The van der Waals surface area contributed by atoms with E-state index in [4.69, 9.17) is 4.74 Å². The molecule has 0 fully saturated rings. The Morgan fingerprint density at radius 1 is 1.12 bits per heavy atom. The Morgan fingerprint density at radius 3 is 2.46 bits per heavy atom. The molecule has 0 saturated heterocycles. The molecule has 0 unspecified atom stereocenters. The fourth-order valence-corrected chi connectivity index (χ4v) is 4.34. The normalized spacial score (nSPS) is 12.9. The van der Waals surface area contributed by atoms with Crippen molar-refractivity contribution in [2.24, 2.45) is 0 Å². The van der Waals surface area contributed by atoms with Crippen LogP contribution in [0.1, 0.15) is 54.6 Å². The van der Waals surface area contributed by atoms with Crippen LogP contribution >= 0.6 is 11.8 Å². The maximum absolute atomic E-state index is 12.5. The number of pyridine rings is 1. The summed E-state index contributed by atoms with van der Waals surface area (Å²) in [6, 6.07) is 18.4. The molecule has 136 valence electrons. The highest BCUT2D eigenvalue weighted by molar-refractivity contribution is 8.01. The summed E-state index contributed by atoms with van der Waals surface area (Å²) >= 11 is 1.89. The predicted molar refractivity (Wildman–Crippen MR) is 109 cm³/mol. The first-order chi connectivity index (χ1) is 12.4. The number of hydrogen-bond donors (Lipinski definition) is 0. The van der Waals surface area contributed by atoms with Crippen molar-refractivity contribution in [3.8, 4) is 0 Å². The van der Waals surface area contributed by atoms with Gasteiger partial charge < -0.3 is 9.14 Å². The molecule has 26 heavy (non-hydrogen) atoms. The minimum Gasteiger partial charge on any atom is -0.462 e. The third-order valence-electron chi connectivity index (χ3n) is 4.04. The van der Waals surface area contributed by atoms with Crippen molar-refractivity contribution < 1.29 is 9.53 Å². The third-order valence-corrected chi connectivity index (χ3v) is 5.50. The number of aromatic nitrogens is 1. The Bertz CT molecular complexity index is 893. The largest absolute Gasteiger partial charge is 0.462 e. The number of carbonyl (C=O) groups is 1. The van der Waals surface area contributed by atoms with Gasteiger partial charge in [-0.25, -0.2) is 4.79 Å². The zero-order valence-electron chi connectivity index (χ0n) is 15.7. The first kappa shape index (κ1) is 18.6. The highest BCUT2D eigenvalue weighted by Crippen LogP contribution is 2.43. The van der Waals surface area contributed by atoms with Crippen LogP contribution in [0, 0.1) is 0 Å². The second-order valence-corrected chi connectivity index (χ2v) is 9.11. The van der Waals surface area contributed by atoms with Gasteiger partial charge in [0.15, 0.2) is 0 Å². The average molecular weight is 368 g/mol.